The fraction of sp³-hybridized carbons (Fsp3) is 0.855. The third-order valence-corrected chi connectivity index (χ3v) is 14.6. The summed E-state index contributed by atoms with van der Waals surface area (Å²) in [6.07, 6.45) is 43.1. The van der Waals surface area contributed by atoms with Crippen LogP contribution in [-0.2, 0) is 33.2 Å². The van der Waals surface area contributed by atoms with Crippen LogP contribution in [0.5, 0.6) is 0 Å². The first-order valence-electron chi connectivity index (χ1n) is 30.7. The van der Waals surface area contributed by atoms with Crippen molar-refractivity contribution in [3.05, 3.63) is 48.6 Å². The van der Waals surface area contributed by atoms with Crippen LogP contribution in [0.25, 0.3) is 0 Å². The highest BCUT2D eigenvalue weighted by atomic mass is 16.7. The van der Waals surface area contributed by atoms with Crippen molar-refractivity contribution in [2.75, 3.05) is 33.0 Å². The van der Waals surface area contributed by atoms with Crippen molar-refractivity contribution in [1.82, 2.24) is 0 Å². The maximum absolute atomic E-state index is 13.1. The minimum absolute atomic E-state index is 0.0604. The SMILES string of the molecule is CC/C=C\C/C=C\C/C=C\C/C=C\CCCCCCCCCCC(=O)OC(COCCCCCCCCCCCCCCCCCCCCCCC)COC1OC(COC2OC(CO)C(O)C(O)C2O)C(O)C(O)C1O. The van der Waals surface area contributed by atoms with Crippen LogP contribution in [0.15, 0.2) is 48.6 Å². The number of aliphatic hydroxyl groups is 7. The fourth-order valence-electron chi connectivity index (χ4n) is 9.69. The summed E-state index contributed by atoms with van der Waals surface area (Å²) in [5, 5.41) is 72.4. The molecule has 2 aliphatic heterocycles. The molecule has 76 heavy (non-hydrogen) atoms. The summed E-state index contributed by atoms with van der Waals surface area (Å²) < 4.78 is 34.5. The van der Waals surface area contributed by atoms with Crippen molar-refractivity contribution in [2.24, 2.45) is 0 Å². The Kier molecular flexibility index (Phi) is 45.0. The normalized spacial score (nSPS) is 24.8. The van der Waals surface area contributed by atoms with E-state index in [-0.39, 0.29) is 25.6 Å². The van der Waals surface area contributed by atoms with Crippen molar-refractivity contribution < 1.29 is 69.0 Å². The lowest BCUT2D eigenvalue weighted by Gasteiger charge is -2.42. The quantitative estimate of drug-likeness (QED) is 0.0172. The number of rotatable bonds is 50. The smallest absolute Gasteiger partial charge is 0.306 e. The number of esters is 1. The van der Waals surface area contributed by atoms with E-state index in [1.165, 1.54) is 141 Å². The van der Waals surface area contributed by atoms with Gasteiger partial charge in [0, 0.05) is 13.0 Å². The monoisotopic (exact) mass is 1080 g/mol. The third kappa shape index (κ3) is 34.8. The molecule has 0 aromatic rings. The molecule has 0 spiro atoms. The molecule has 14 nitrogen and oxygen atoms in total. The minimum Gasteiger partial charge on any atom is -0.457 e. The number of carbonyl (C=O) groups is 1. The summed E-state index contributed by atoms with van der Waals surface area (Å²) in [5.41, 5.74) is 0. The standard InChI is InChI=1S/C62H112O14/c1-3-5-7-9-11-13-15-17-19-21-23-25-27-29-31-33-35-37-39-41-43-45-54(64)74-51(48-71-46-44-42-40-38-36-34-32-30-28-26-24-22-20-18-16-14-12-10-8-6-4-2)49-72-61-60(70)58(68)56(66)53(76-61)50-73-62-59(69)57(67)55(65)52(47-63)75-62/h5,7,11,13,17,19,23,25,51-53,55-63,65-70H,3-4,6,8-10,12,14-16,18,20-22,24,26-50H2,1-2H3/b7-5-,13-11-,19-17-,25-23-. The first kappa shape index (κ1) is 70.1. The van der Waals surface area contributed by atoms with Gasteiger partial charge in [0.15, 0.2) is 12.6 Å². The summed E-state index contributed by atoms with van der Waals surface area (Å²) in [7, 11) is 0. The molecular weight excluding hydrogens is 969 g/mol. The van der Waals surface area contributed by atoms with E-state index in [1.54, 1.807) is 0 Å². The van der Waals surface area contributed by atoms with Crippen LogP contribution in [-0.4, -0.2) is 142 Å². The van der Waals surface area contributed by atoms with Gasteiger partial charge in [-0.25, -0.2) is 0 Å². The van der Waals surface area contributed by atoms with E-state index in [0.717, 1.165) is 70.6 Å². The minimum atomic E-state index is -1.71. The Bertz CT molecular complexity index is 1440. The number of allylic oxidation sites excluding steroid dienone is 8. The number of hydrogen-bond donors (Lipinski definition) is 7. The van der Waals surface area contributed by atoms with Gasteiger partial charge in [-0.15, -0.1) is 0 Å². The molecule has 11 unspecified atom stereocenters. The van der Waals surface area contributed by atoms with Gasteiger partial charge in [-0.2, -0.15) is 0 Å². The highest BCUT2D eigenvalue weighted by molar-refractivity contribution is 5.69. The van der Waals surface area contributed by atoms with Crippen molar-refractivity contribution in [1.29, 1.82) is 0 Å². The van der Waals surface area contributed by atoms with Gasteiger partial charge in [0.1, 0.15) is 54.9 Å². The van der Waals surface area contributed by atoms with Crippen molar-refractivity contribution in [2.45, 2.75) is 306 Å². The van der Waals surface area contributed by atoms with E-state index in [9.17, 15) is 40.5 Å². The zero-order valence-electron chi connectivity index (χ0n) is 47.7. The Morgan fingerprint density at radius 1 is 0.447 bits per heavy atom. The van der Waals surface area contributed by atoms with E-state index in [2.05, 4.69) is 62.5 Å². The number of aliphatic hydroxyl groups excluding tert-OH is 7. The summed E-state index contributed by atoms with van der Waals surface area (Å²) >= 11 is 0. The van der Waals surface area contributed by atoms with E-state index >= 15 is 0 Å². The molecule has 2 fully saturated rings. The molecule has 2 rings (SSSR count). The molecule has 2 aliphatic rings. The second-order valence-electron chi connectivity index (χ2n) is 21.5. The van der Waals surface area contributed by atoms with Crippen LogP contribution < -0.4 is 0 Å². The molecular formula is C62H112O14. The maximum atomic E-state index is 13.1. The molecule has 7 N–H and O–H groups in total. The molecule has 0 aromatic carbocycles. The molecule has 0 amide bonds. The number of unbranched alkanes of at least 4 members (excludes halogenated alkanes) is 28. The molecule has 0 aromatic heterocycles. The molecule has 2 heterocycles. The van der Waals surface area contributed by atoms with Crippen molar-refractivity contribution in [3.8, 4) is 0 Å². The predicted molar refractivity (Wildman–Crippen MR) is 303 cm³/mol. The first-order valence-corrected chi connectivity index (χ1v) is 30.7. The van der Waals surface area contributed by atoms with Gasteiger partial charge in [0.25, 0.3) is 0 Å². The summed E-state index contributed by atoms with van der Waals surface area (Å²) in [6.45, 7) is 3.61. The van der Waals surface area contributed by atoms with Crippen LogP contribution in [0, 0.1) is 0 Å². The molecule has 444 valence electrons. The zero-order chi connectivity index (χ0) is 55.1. The Labute approximate surface area is 461 Å². The van der Waals surface area contributed by atoms with E-state index < -0.39 is 80.7 Å². The molecule has 0 aliphatic carbocycles. The molecule has 14 heteroatoms. The molecule has 0 bridgehead atoms. The van der Waals surface area contributed by atoms with Crippen LogP contribution in [0.2, 0.25) is 0 Å². The van der Waals surface area contributed by atoms with Crippen LogP contribution in [0.4, 0.5) is 0 Å². The van der Waals surface area contributed by atoms with E-state index in [4.69, 9.17) is 28.4 Å². The number of hydrogen-bond acceptors (Lipinski definition) is 14. The Hall–Kier alpha value is -2.05. The highest BCUT2D eigenvalue weighted by Crippen LogP contribution is 2.27. The number of carbonyl (C=O) groups excluding carboxylic acids is 1. The average Bonchev–Trinajstić information content (AvgIpc) is 3.42. The summed E-state index contributed by atoms with van der Waals surface area (Å²) in [4.78, 5) is 13.1. The Morgan fingerprint density at radius 3 is 1.34 bits per heavy atom. The Morgan fingerprint density at radius 2 is 0.855 bits per heavy atom. The van der Waals surface area contributed by atoms with Gasteiger partial charge in [0.05, 0.1) is 26.4 Å². The van der Waals surface area contributed by atoms with Gasteiger partial charge in [0.2, 0.25) is 0 Å². The van der Waals surface area contributed by atoms with Crippen molar-refractivity contribution >= 4 is 5.97 Å². The lowest BCUT2D eigenvalue weighted by atomic mass is 9.98. The van der Waals surface area contributed by atoms with Gasteiger partial charge in [-0.05, 0) is 51.4 Å². The highest BCUT2D eigenvalue weighted by Gasteiger charge is 2.47. The van der Waals surface area contributed by atoms with E-state index in [0.29, 0.717) is 13.0 Å². The molecule has 0 saturated carbocycles. The van der Waals surface area contributed by atoms with Gasteiger partial charge < -0.3 is 64.2 Å². The largest absolute Gasteiger partial charge is 0.457 e. The van der Waals surface area contributed by atoms with Gasteiger partial charge >= 0.3 is 5.97 Å². The topological polar surface area (TPSA) is 214 Å². The van der Waals surface area contributed by atoms with Crippen LogP contribution in [0.3, 0.4) is 0 Å². The van der Waals surface area contributed by atoms with Gasteiger partial charge in [-0.1, -0.05) is 229 Å². The zero-order valence-corrected chi connectivity index (χ0v) is 47.7. The summed E-state index contributed by atoms with van der Waals surface area (Å²) in [6, 6.07) is 0. The Balaban J connectivity index is 1.69. The lowest BCUT2D eigenvalue weighted by Crippen LogP contribution is -2.61. The molecule has 0 radical (unpaired) electrons. The molecule has 11 atom stereocenters. The van der Waals surface area contributed by atoms with Crippen molar-refractivity contribution in [3.63, 3.8) is 0 Å². The van der Waals surface area contributed by atoms with E-state index in [1.807, 2.05) is 0 Å². The fourth-order valence-corrected chi connectivity index (χ4v) is 9.69. The lowest BCUT2D eigenvalue weighted by molar-refractivity contribution is -0.332. The second-order valence-corrected chi connectivity index (χ2v) is 21.5. The average molecular weight is 1080 g/mol. The van der Waals surface area contributed by atoms with Crippen LogP contribution >= 0.6 is 0 Å². The number of ether oxygens (including phenoxy) is 6. The van der Waals surface area contributed by atoms with Gasteiger partial charge in [-0.3, -0.25) is 4.79 Å². The second kappa shape index (κ2) is 48.8. The van der Waals surface area contributed by atoms with Crippen LogP contribution in [0.1, 0.15) is 239 Å². The summed E-state index contributed by atoms with van der Waals surface area (Å²) in [5.74, 6) is -0.381. The first-order chi connectivity index (χ1) is 37.1. The predicted octanol–water partition coefficient (Wildman–Crippen LogP) is 11.5. The molecule has 2 saturated heterocycles. The maximum Gasteiger partial charge on any atom is 0.306 e. The third-order valence-electron chi connectivity index (χ3n) is 14.6.